The van der Waals surface area contributed by atoms with Crippen molar-refractivity contribution >= 4 is 23.8 Å². The molecule has 0 aliphatic carbocycles. The Hall–Kier alpha value is -2.12. The summed E-state index contributed by atoms with van der Waals surface area (Å²) in [5, 5.41) is 11.1. The number of nitrogens with one attached hydrogen (secondary N) is 1. The number of aliphatic carboxylic acids is 1. The van der Waals surface area contributed by atoms with Gasteiger partial charge in [0.1, 0.15) is 6.04 Å². The zero-order chi connectivity index (χ0) is 15.0. The first kappa shape index (κ1) is 16.9. The van der Waals surface area contributed by atoms with Crippen LogP contribution in [0.25, 0.3) is 0 Å². The van der Waals surface area contributed by atoms with Gasteiger partial charge in [-0.1, -0.05) is 6.92 Å². The normalized spacial score (nSPS) is 13.2. The van der Waals surface area contributed by atoms with E-state index in [1.807, 2.05) is 0 Å². The van der Waals surface area contributed by atoms with Crippen LogP contribution in [-0.2, 0) is 23.9 Å². The number of hydrogen-bond acceptors (Lipinski definition) is 5. The summed E-state index contributed by atoms with van der Waals surface area (Å²) in [6, 6.07) is -1.21. The molecule has 0 heterocycles. The molecule has 1 unspecified atom stereocenters. The van der Waals surface area contributed by atoms with Crippen LogP contribution in [0.5, 0.6) is 0 Å². The van der Waals surface area contributed by atoms with Crippen molar-refractivity contribution in [1.29, 1.82) is 0 Å². The van der Waals surface area contributed by atoms with Crippen molar-refractivity contribution in [2.45, 2.75) is 32.2 Å². The highest BCUT2D eigenvalue weighted by Crippen LogP contribution is 2.05. The number of amides is 2. The molecule has 0 fully saturated rings. The lowest BCUT2D eigenvalue weighted by molar-refractivity contribution is -0.145. The number of primary amides is 1. The van der Waals surface area contributed by atoms with Crippen LogP contribution in [0, 0.1) is 5.92 Å². The Morgan fingerprint density at radius 3 is 2.32 bits per heavy atom. The fourth-order valence-electron chi connectivity index (χ4n) is 1.28. The molecule has 0 aromatic heterocycles. The van der Waals surface area contributed by atoms with E-state index >= 15 is 0 Å². The number of ether oxygens (including phenoxy) is 1. The van der Waals surface area contributed by atoms with Gasteiger partial charge in [-0.05, 0) is 6.42 Å². The quantitative estimate of drug-likeness (QED) is 0.487. The second-order valence-electron chi connectivity index (χ2n) is 4.09. The predicted molar refractivity (Wildman–Crippen MR) is 63.8 cm³/mol. The number of esters is 1. The van der Waals surface area contributed by atoms with Gasteiger partial charge in [0, 0.05) is 12.3 Å². The monoisotopic (exact) mass is 274 g/mol. The van der Waals surface area contributed by atoms with Gasteiger partial charge < -0.3 is 20.9 Å². The number of carbonyl (C=O) groups excluding carboxylic acids is 3. The van der Waals surface area contributed by atoms with Crippen molar-refractivity contribution < 1.29 is 29.0 Å². The van der Waals surface area contributed by atoms with Crippen LogP contribution in [0.2, 0.25) is 0 Å². The van der Waals surface area contributed by atoms with E-state index < -0.39 is 35.7 Å². The molecule has 0 saturated heterocycles. The Morgan fingerprint density at radius 1 is 1.32 bits per heavy atom. The zero-order valence-electron chi connectivity index (χ0n) is 10.8. The summed E-state index contributed by atoms with van der Waals surface area (Å²) in [7, 11) is 1.19. The molecule has 0 aromatic rings. The molecule has 8 nitrogen and oxygen atoms in total. The van der Waals surface area contributed by atoms with Gasteiger partial charge in [0.15, 0.2) is 0 Å². The summed E-state index contributed by atoms with van der Waals surface area (Å²) < 4.78 is 4.41. The number of rotatable bonds is 8. The molecule has 108 valence electrons. The number of carboxylic acid groups (broad SMARTS) is 1. The molecule has 0 saturated carbocycles. The van der Waals surface area contributed by atoms with Crippen molar-refractivity contribution in [3.05, 3.63) is 0 Å². The molecule has 4 N–H and O–H groups in total. The molecule has 2 amide bonds. The molecule has 8 heteroatoms. The van der Waals surface area contributed by atoms with Gasteiger partial charge in [-0.3, -0.25) is 14.4 Å². The minimum absolute atomic E-state index is 0.0959. The van der Waals surface area contributed by atoms with Crippen molar-refractivity contribution in [1.82, 2.24) is 5.32 Å². The third-order valence-electron chi connectivity index (χ3n) is 2.44. The Balaban J connectivity index is 4.41. The van der Waals surface area contributed by atoms with Gasteiger partial charge in [-0.15, -0.1) is 0 Å². The molecule has 0 bridgehead atoms. The van der Waals surface area contributed by atoms with Crippen LogP contribution in [0.3, 0.4) is 0 Å². The van der Waals surface area contributed by atoms with Crippen molar-refractivity contribution in [3.8, 4) is 0 Å². The Kier molecular flexibility index (Phi) is 7.16. The smallest absolute Gasteiger partial charge is 0.326 e. The molecule has 0 spiro atoms. The van der Waals surface area contributed by atoms with Crippen LogP contribution in [0.4, 0.5) is 0 Å². The lowest BCUT2D eigenvalue weighted by atomic mass is 10.1. The Morgan fingerprint density at radius 2 is 1.89 bits per heavy atom. The van der Waals surface area contributed by atoms with E-state index in [4.69, 9.17) is 10.8 Å². The lowest BCUT2D eigenvalue weighted by Crippen LogP contribution is -2.44. The van der Waals surface area contributed by atoms with E-state index in [1.54, 1.807) is 0 Å². The Labute approximate surface area is 110 Å². The third-order valence-corrected chi connectivity index (χ3v) is 2.44. The first-order valence-corrected chi connectivity index (χ1v) is 5.66. The fourth-order valence-corrected chi connectivity index (χ4v) is 1.28. The van der Waals surface area contributed by atoms with Gasteiger partial charge in [-0.25, -0.2) is 4.79 Å². The number of carbonyl (C=O) groups is 4. The first-order chi connectivity index (χ1) is 8.77. The lowest BCUT2D eigenvalue weighted by Gasteiger charge is -2.16. The zero-order valence-corrected chi connectivity index (χ0v) is 10.8. The average Bonchev–Trinajstić information content (AvgIpc) is 2.32. The van der Waals surface area contributed by atoms with E-state index in [0.717, 1.165) is 0 Å². The highest BCUT2D eigenvalue weighted by molar-refractivity contribution is 5.87. The highest BCUT2D eigenvalue weighted by Gasteiger charge is 2.24. The molecule has 0 radical (unpaired) electrons. The SMILES string of the molecule is COC(=O)CC(C)C(=O)N[C@@H](CCC(N)=O)C(=O)O. The molecule has 19 heavy (non-hydrogen) atoms. The molecule has 0 rings (SSSR count). The summed E-state index contributed by atoms with van der Waals surface area (Å²) in [5.74, 6) is -3.79. The van der Waals surface area contributed by atoms with E-state index in [0.29, 0.717) is 0 Å². The number of methoxy groups -OCH3 is 1. The fraction of sp³-hybridized carbons (Fsp3) is 0.636. The highest BCUT2D eigenvalue weighted by atomic mass is 16.5. The first-order valence-electron chi connectivity index (χ1n) is 5.66. The van der Waals surface area contributed by atoms with Gasteiger partial charge in [0.25, 0.3) is 0 Å². The maximum Gasteiger partial charge on any atom is 0.326 e. The van der Waals surface area contributed by atoms with Crippen LogP contribution >= 0.6 is 0 Å². The van der Waals surface area contributed by atoms with Gasteiger partial charge in [-0.2, -0.15) is 0 Å². The van der Waals surface area contributed by atoms with Gasteiger partial charge in [0.2, 0.25) is 11.8 Å². The second-order valence-corrected chi connectivity index (χ2v) is 4.09. The van der Waals surface area contributed by atoms with Crippen molar-refractivity contribution in [2.24, 2.45) is 11.7 Å². The standard InChI is InChI=1S/C11H18N2O6/c1-6(5-9(15)19-2)10(16)13-7(11(17)18)3-4-8(12)14/h6-7H,3-5H2,1-2H3,(H2,12,14)(H,13,16)(H,17,18)/t6?,7-/m0/s1. The summed E-state index contributed by atoms with van der Waals surface area (Å²) in [6.07, 6.45) is -0.394. The molecular weight excluding hydrogens is 256 g/mol. The third kappa shape index (κ3) is 7.02. The number of nitrogens with two attached hydrogens (primary N) is 1. The molecule has 0 aromatic carbocycles. The second kappa shape index (κ2) is 8.06. The number of hydrogen-bond donors (Lipinski definition) is 3. The molecule has 0 aliphatic rings. The summed E-state index contributed by atoms with van der Waals surface area (Å²) in [6.45, 7) is 1.47. The van der Waals surface area contributed by atoms with E-state index in [1.165, 1.54) is 14.0 Å². The van der Waals surface area contributed by atoms with E-state index in [-0.39, 0.29) is 19.3 Å². The minimum atomic E-state index is -1.26. The van der Waals surface area contributed by atoms with Crippen LogP contribution in [0.1, 0.15) is 26.2 Å². The largest absolute Gasteiger partial charge is 0.480 e. The number of carboxylic acids is 1. The van der Waals surface area contributed by atoms with Crippen molar-refractivity contribution in [3.63, 3.8) is 0 Å². The van der Waals surface area contributed by atoms with Crippen LogP contribution in [0.15, 0.2) is 0 Å². The maximum absolute atomic E-state index is 11.7. The molecule has 0 aliphatic heterocycles. The van der Waals surface area contributed by atoms with Crippen molar-refractivity contribution in [2.75, 3.05) is 7.11 Å². The van der Waals surface area contributed by atoms with E-state index in [9.17, 15) is 19.2 Å². The molecular formula is C11H18N2O6. The van der Waals surface area contributed by atoms with Gasteiger partial charge in [0.05, 0.1) is 13.5 Å². The maximum atomic E-state index is 11.7. The average molecular weight is 274 g/mol. The Bertz CT molecular complexity index is 368. The molecule has 2 atom stereocenters. The summed E-state index contributed by atoms with van der Waals surface area (Å²) in [5.41, 5.74) is 4.91. The summed E-state index contributed by atoms with van der Waals surface area (Å²) in [4.78, 5) is 44.1. The van der Waals surface area contributed by atoms with E-state index in [2.05, 4.69) is 10.1 Å². The minimum Gasteiger partial charge on any atom is -0.480 e. The topological polar surface area (TPSA) is 136 Å². The van der Waals surface area contributed by atoms with Gasteiger partial charge >= 0.3 is 11.9 Å². The van der Waals surface area contributed by atoms with Crippen LogP contribution in [-0.4, -0.2) is 42.0 Å². The summed E-state index contributed by atoms with van der Waals surface area (Å²) >= 11 is 0. The van der Waals surface area contributed by atoms with Crippen LogP contribution < -0.4 is 11.1 Å². The predicted octanol–water partition coefficient (Wildman–Crippen LogP) is -0.979.